The van der Waals surface area contributed by atoms with Crippen molar-refractivity contribution < 1.29 is 9.59 Å². The normalized spacial score (nSPS) is 23.2. The molecule has 12 heavy (non-hydrogen) atoms. The van der Waals surface area contributed by atoms with Gasteiger partial charge in [0.1, 0.15) is 0 Å². The number of rotatable bonds is 3. The molecule has 2 N–H and O–H groups in total. The Kier molecular flexibility index (Phi) is 3.08. The number of carbonyl (C=O) groups is 2. The Morgan fingerprint density at radius 1 is 1.42 bits per heavy atom. The predicted octanol–water partition coefficient (Wildman–Crippen LogP) is -0.209. The Balaban J connectivity index is 2.30. The van der Waals surface area contributed by atoms with E-state index < -0.39 is 11.8 Å². The van der Waals surface area contributed by atoms with Gasteiger partial charge in [0.2, 0.25) is 0 Å². The highest BCUT2D eigenvalue weighted by Crippen LogP contribution is 2.01. The second kappa shape index (κ2) is 4.09. The lowest BCUT2D eigenvalue weighted by atomic mass is 10.1. The number of hydrogen-bond acceptors (Lipinski definition) is 2. The summed E-state index contributed by atoms with van der Waals surface area (Å²) in [5.74, 6) is -1.01. The molecule has 1 fully saturated rings. The molecule has 0 saturated carbocycles. The fraction of sp³-hybridized carbons (Fsp3) is 0.750. The van der Waals surface area contributed by atoms with Gasteiger partial charge in [-0.25, -0.2) is 0 Å². The predicted molar refractivity (Wildman–Crippen MR) is 44.5 cm³/mol. The van der Waals surface area contributed by atoms with Crippen LogP contribution in [0.4, 0.5) is 0 Å². The molecule has 0 radical (unpaired) electrons. The molecule has 1 heterocycles. The molecule has 4 heteroatoms. The van der Waals surface area contributed by atoms with E-state index in [0.29, 0.717) is 6.54 Å². The average Bonchev–Trinajstić information content (AvgIpc) is 2.07. The monoisotopic (exact) mass is 170 g/mol. The first-order valence-electron chi connectivity index (χ1n) is 4.32. The van der Waals surface area contributed by atoms with Gasteiger partial charge >= 0.3 is 11.8 Å². The summed E-state index contributed by atoms with van der Waals surface area (Å²) in [6.07, 6.45) is 3.14. The molecule has 0 aliphatic carbocycles. The van der Waals surface area contributed by atoms with E-state index in [-0.39, 0.29) is 6.04 Å². The Bertz CT molecular complexity index is 191. The largest absolute Gasteiger partial charge is 0.346 e. The molecule has 0 aromatic heterocycles. The molecule has 1 aliphatic heterocycles. The zero-order chi connectivity index (χ0) is 8.97. The lowest BCUT2D eigenvalue weighted by Crippen LogP contribution is -2.55. The van der Waals surface area contributed by atoms with Crippen molar-refractivity contribution in [2.75, 3.05) is 6.54 Å². The molecule has 1 aliphatic rings. The molecule has 4 nitrogen and oxygen atoms in total. The van der Waals surface area contributed by atoms with Crippen LogP contribution in [0.25, 0.3) is 0 Å². The van der Waals surface area contributed by atoms with E-state index in [1.807, 2.05) is 0 Å². The van der Waals surface area contributed by atoms with Gasteiger partial charge in [0.05, 0.1) is 0 Å². The molecule has 1 unspecified atom stereocenters. The lowest BCUT2D eigenvalue weighted by Gasteiger charge is -2.23. The van der Waals surface area contributed by atoms with Gasteiger partial charge < -0.3 is 10.6 Å². The van der Waals surface area contributed by atoms with E-state index in [1.165, 1.54) is 0 Å². The standard InChI is InChI=1S/C8H14N2O2/c1-2-3-4-6-5-9-7(11)8(12)10-6/h6H,2-5H2,1H3,(H,9,11)(H,10,12). The van der Waals surface area contributed by atoms with E-state index in [4.69, 9.17) is 0 Å². The summed E-state index contributed by atoms with van der Waals surface area (Å²) in [6, 6.07) is 0.134. The van der Waals surface area contributed by atoms with Crippen molar-refractivity contribution in [2.24, 2.45) is 0 Å². The van der Waals surface area contributed by atoms with Gasteiger partial charge in [0.15, 0.2) is 0 Å². The molecule has 1 rings (SSSR count). The first-order valence-corrected chi connectivity index (χ1v) is 4.32. The van der Waals surface area contributed by atoms with Crippen LogP contribution in [0.2, 0.25) is 0 Å². The zero-order valence-corrected chi connectivity index (χ0v) is 7.22. The molecule has 0 spiro atoms. The molecule has 1 atom stereocenters. The Morgan fingerprint density at radius 3 is 2.75 bits per heavy atom. The molecule has 2 amide bonds. The van der Waals surface area contributed by atoms with E-state index >= 15 is 0 Å². The minimum absolute atomic E-state index is 0.134. The minimum Gasteiger partial charge on any atom is -0.346 e. The fourth-order valence-corrected chi connectivity index (χ4v) is 1.22. The van der Waals surface area contributed by atoms with E-state index in [1.54, 1.807) is 0 Å². The number of piperazine rings is 1. The van der Waals surface area contributed by atoms with Crippen LogP contribution in [0.5, 0.6) is 0 Å². The van der Waals surface area contributed by atoms with E-state index in [9.17, 15) is 9.59 Å². The SMILES string of the molecule is CCCCC1CNC(=O)C(=O)N1. The van der Waals surface area contributed by atoms with Crippen LogP contribution in [0.3, 0.4) is 0 Å². The third-order valence-electron chi connectivity index (χ3n) is 1.96. The summed E-state index contributed by atoms with van der Waals surface area (Å²) in [5, 5.41) is 5.19. The molecule has 68 valence electrons. The van der Waals surface area contributed by atoms with Crippen molar-refractivity contribution >= 4 is 11.8 Å². The molecule has 0 bridgehead atoms. The van der Waals surface area contributed by atoms with Crippen LogP contribution in [0.1, 0.15) is 26.2 Å². The second-order valence-electron chi connectivity index (χ2n) is 3.02. The van der Waals surface area contributed by atoms with Gasteiger partial charge in [-0.1, -0.05) is 19.8 Å². The fourth-order valence-electron chi connectivity index (χ4n) is 1.22. The van der Waals surface area contributed by atoms with Crippen molar-refractivity contribution in [1.29, 1.82) is 0 Å². The number of unbranched alkanes of at least 4 members (excludes halogenated alkanes) is 1. The first kappa shape index (κ1) is 9.03. The summed E-state index contributed by atoms with van der Waals surface area (Å²) in [6.45, 7) is 2.67. The van der Waals surface area contributed by atoms with Gasteiger partial charge in [-0.2, -0.15) is 0 Å². The smallest absolute Gasteiger partial charge is 0.309 e. The Hall–Kier alpha value is -1.06. The minimum atomic E-state index is -0.511. The van der Waals surface area contributed by atoms with Crippen LogP contribution in [0.15, 0.2) is 0 Å². The van der Waals surface area contributed by atoms with E-state index in [2.05, 4.69) is 17.6 Å². The molecule has 0 aromatic carbocycles. The van der Waals surface area contributed by atoms with Crippen molar-refractivity contribution in [3.8, 4) is 0 Å². The van der Waals surface area contributed by atoms with Crippen LogP contribution in [-0.2, 0) is 9.59 Å². The van der Waals surface area contributed by atoms with Gasteiger partial charge in [0, 0.05) is 12.6 Å². The first-order chi connectivity index (χ1) is 5.74. The maximum absolute atomic E-state index is 10.8. The van der Waals surface area contributed by atoms with Gasteiger partial charge in [-0.15, -0.1) is 0 Å². The highest BCUT2D eigenvalue weighted by atomic mass is 16.2. The van der Waals surface area contributed by atoms with Crippen molar-refractivity contribution in [3.63, 3.8) is 0 Å². The number of carbonyl (C=O) groups excluding carboxylic acids is 2. The van der Waals surface area contributed by atoms with Crippen molar-refractivity contribution in [3.05, 3.63) is 0 Å². The summed E-state index contributed by atoms with van der Waals surface area (Å²) in [5.41, 5.74) is 0. The quantitative estimate of drug-likeness (QED) is 0.576. The third-order valence-corrected chi connectivity index (χ3v) is 1.96. The Morgan fingerprint density at radius 2 is 2.17 bits per heavy atom. The highest BCUT2D eigenvalue weighted by molar-refractivity contribution is 6.35. The summed E-state index contributed by atoms with van der Waals surface area (Å²) < 4.78 is 0. The molecule has 0 aromatic rings. The second-order valence-corrected chi connectivity index (χ2v) is 3.02. The van der Waals surface area contributed by atoms with Crippen molar-refractivity contribution in [2.45, 2.75) is 32.2 Å². The number of hydrogen-bond donors (Lipinski definition) is 2. The summed E-state index contributed by atoms with van der Waals surface area (Å²) in [4.78, 5) is 21.5. The maximum Gasteiger partial charge on any atom is 0.309 e. The van der Waals surface area contributed by atoms with Crippen LogP contribution in [-0.4, -0.2) is 24.4 Å². The summed E-state index contributed by atoms with van der Waals surface area (Å²) in [7, 11) is 0. The molecule has 1 saturated heterocycles. The van der Waals surface area contributed by atoms with Gasteiger partial charge in [-0.3, -0.25) is 9.59 Å². The molecular formula is C8H14N2O2. The van der Waals surface area contributed by atoms with Gasteiger partial charge in [0.25, 0.3) is 0 Å². The summed E-state index contributed by atoms with van der Waals surface area (Å²) >= 11 is 0. The lowest BCUT2D eigenvalue weighted by molar-refractivity contribution is -0.141. The zero-order valence-electron chi connectivity index (χ0n) is 7.22. The topological polar surface area (TPSA) is 58.2 Å². The van der Waals surface area contributed by atoms with Gasteiger partial charge in [-0.05, 0) is 6.42 Å². The average molecular weight is 170 g/mol. The number of amides is 2. The van der Waals surface area contributed by atoms with Crippen molar-refractivity contribution in [1.82, 2.24) is 10.6 Å². The van der Waals surface area contributed by atoms with Crippen LogP contribution >= 0.6 is 0 Å². The maximum atomic E-state index is 10.8. The number of nitrogens with one attached hydrogen (secondary N) is 2. The van der Waals surface area contributed by atoms with E-state index in [0.717, 1.165) is 19.3 Å². The van der Waals surface area contributed by atoms with Crippen LogP contribution in [0, 0.1) is 0 Å². The highest BCUT2D eigenvalue weighted by Gasteiger charge is 2.23. The Labute approximate surface area is 71.7 Å². The third kappa shape index (κ3) is 2.22. The van der Waals surface area contributed by atoms with Crippen LogP contribution < -0.4 is 10.6 Å². The molecular weight excluding hydrogens is 156 g/mol.